The van der Waals surface area contributed by atoms with Crippen LogP contribution in [-0.4, -0.2) is 30.7 Å². The van der Waals surface area contributed by atoms with E-state index in [1.807, 2.05) is 24.3 Å². The predicted molar refractivity (Wildman–Crippen MR) is 92.4 cm³/mol. The molecule has 3 rings (SSSR count). The highest BCUT2D eigenvalue weighted by molar-refractivity contribution is 7.13. The van der Waals surface area contributed by atoms with E-state index in [9.17, 15) is 0 Å². The Kier molecular flexibility index (Phi) is 5.47. The summed E-state index contributed by atoms with van der Waals surface area (Å²) in [5, 5.41) is 6.46. The van der Waals surface area contributed by atoms with Crippen molar-refractivity contribution in [2.75, 3.05) is 19.6 Å². The Morgan fingerprint density at radius 1 is 1.36 bits per heavy atom. The standard InChI is InChI=1S/C17H22ClN3S/c1-2-21-9-3-4-16(21)11-19-10-15-12-22-17(20-15)13-5-7-14(18)8-6-13/h5-8,12,16,19H,2-4,9-11H2,1H3/p+2/t16-/m1/s1. The van der Waals surface area contributed by atoms with Crippen LogP contribution < -0.4 is 10.2 Å². The summed E-state index contributed by atoms with van der Waals surface area (Å²) in [7, 11) is 0. The van der Waals surface area contributed by atoms with E-state index in [1.165, 1.54) is 38.2 Å². The summed E-state index contributed by atoms with van der Waals surface area (Å²) in [5.41, 5.74) is 2.34. The molecule has 1 fully saturated rings. The molecule has 1 unspecified atom stereocenters. The van der Waals surface area contributed by atoms with Gasteiger partial charge in [-0.15, -0.1) is 11.3 Å². The molecule has 1 saturated heterocycles. The monoisotopic (exact) mass is 337 g/mol. The molecule has 22 heavy (non-hydrogen) atoms. The van der Waals surface area contributed by atoms with Crippen molar-refractivity contribution in [1.82, 2.24) is 4.98 Å². The molecule has 1 aromatic carbocycles. The highest BCUT2D eigenvalue weighted by Crippen LogP contribution is 2.24. The highest BCUT2D eigenvalue weighted by atomic mass is 35.5. The van der Waals surface area contributed by atoms with E-state index in [-0.39, 0.29) is 0 Å². The average molecular weight is 338 g/mol. The normalized spacial score (nSPS) is 21.4. The molecule has 5 heteroatoms. The van der Waals surface area contributed by atoms with Crippen molar-refractivity contribution in [2.24, 2.45) is 0 Å². The Morgan fingerprint density at radius 3 is 2.95 bits per heavy atom. The van der Waals surface area contributed by atoms with Gasteiger partial charge in [-0.05, 0) is 19.1 Å². The van der Waals surface area contributed by atoms with Crippen LogP contribution in [0.5, 0.6) is 0 Å². The number of quaternary nitrogens is 2. The number of nitrogens with zero attached hydrogens (tertiary/aromatic N) is 1. The number of likely N-dealkylation sites (N-methyl/N-ethyl adjacent to an activating group) is 1. The maximum atomic E-state index is 5.93. The summed E-state index contributed by atoms with van der Waals surface area (Å²) in [6.07, 6.45) is 2.77. The number of thiazole rings is 1. The van der Waals surface area contributed by atoms with Gasteiger partial charge in [-0.1, -0.05) is 23.7 Å². The second-order valence-electron chi connectivity index (χ2n) is 5.98. The fourth-order valence-electron chi connectivity index (χ4n) is 3.29. The predicted octanol–water partition coefficient (Wildman–Crippen LogP) is 1.59. The van der Waals surface area contributed by atoms with Crippen molar-refractivity contribution in [2.45, 2.75) is 32.4 Å². The molecule has 1 aliphatic heterocycles. The molecule has 1 aliphatic rings. The molecule has 0 spiro atoms. The van der Waals surface area contributed by atoms with Gasteiger partial charge >= 0.3 is 0 Å². The van der Waals surface area contributed by atoms with Crippen LogP contribution in [0.4, 0.5) is 0 Å². The Bertz CT molecular complexity index is 596. The maximum absolute atomic E-state index is 5.93. The topological polar surface area (TPSA) is 33.9 Å². The van der Waals surface area contributed by atoms with Crippen LogP contribution in [0.2, 0.25) is 5.02 Å². The van der Waals surface area contributed by atoms with E-state index < -0.39 is 0 Å². The van der Waals surface area contributed by atoms with Crippen LogP contribution in [0.3, 0.4) is 0 Å². The lowest BCUT2D eigenvalue weighted by atomic mass is 10.2. The van der Waals surface area contributed by atoms with Crippen molar-refractivity contribution in [3.8, 4) is 10.6 Å². The van der Waals surface area contributed by atoms with Gasteiger partial charge in [0.15, 0.2) is 0 Å². The van der Waals surface area contributed by atoms with Gasteiger partial charge in [0, 0.05) is 28.8 Å². The van der Waals surface area contributed by atoms with Crippen molar-refractivity contribution in [3.05, 3.63) is 40.4 Å². The van der Waals surface area contributed by atoms with Crippen LogP contribution in [0.1, 0.15) is 25.5 Å². The molecule has 2 heterocycles. The molecule has 118 valence electrons. The smallest absolute Gasteiger partial charge is 0.137 e. The number of hydrogen-bond acceptors (Lipinski definition) is 2. The molecule has 3 nitrogen and oxygen atoms in total. The Morgan fingerprint density at radius 2 is 2.18 bits per heavy atom. The van der Waals surface area contributed by atoms with Crippen LogP contribution in [0.25, 0.3) is 10.6 Å². The first-order valence-corrected chi connectivity index (χ1v) is 9.38. The number of rotatable bonds is 6. The summed E-state index contributed by atoms with van der Waals surface area (Å²) >= 11 is 7.65. The quantitative estimate of drug-likeness (QED) is 0.824. The summed E-state index contributed by atoms with van der Waals surface area (Å²) < 4.78 is 0. The molecule has 0 radical (unpaired) electrons. The number of nitrogens with two attached hydrogens (primary N) is 1. The van der Waals surface area contributed by atoms with Crippen LogP contribution in [0, 0.1) is 0 Å². The first-order valence-electron chi connectivity index (χ1n) is 8.13. The van der Waals surface area contributed by atoms with Crippen molar-refractivity contribution in [1.29, 1.82) is 0 Å². The molecule has 1 aromatic heterocycles. The zero-order valence-electron chi connectivity index (χ0n) is 13.0. The van der Waals surface area contributed by atoms with Crippen molar-refractivity contribution < 1.29 is 10.2 Å². The van der Waals surface area contributed by atoms with Crippen LogP contribution in [0.15, 0.2) is 29.6 Å². The Hall–Kier alpha value is -0.940. The SMILES string of the molecule is CC[NH+]1CCC[C@@H]1C[NH2+]Cc1csc(-c2ccc(Cl)cc2)n1. The second kappa shape index (κ2) is 7.55. The van der Waals surface area contributed by atoms with Gasteiger partial charge in [-0.3, -0.25) is 0 Å². The summed E-state index contributed by atoms with van der Waals surface area (Å²) in [6.45, 7) is 7.11. The molecule has 2 atom stereocenters. The van der Waals surface area contributed by atoms with Gasteiger partial charge in [0.25, 0.3) is 0 Å². The van der Waals surface area contributed by atoms with Gasteiger partial charge in [-0.25, -0.2) is 4.98 Å². The lowest BCUT2D eigenvalue weighted by molar-refractivity contribution is -0.925. The number of halogens is 1. The zero-order chi connectivity index (χ0) is 15.4. The second-order valence-corrected chi connectivity index (χ2v) is 7.27. The van der Waals surface area contributed by atoms with E-state index in [1.54, 1.807) is 16.2 Å². The fraction of sp³-hybridized carbons (Fsp3) is 0.471. The van der Waals surface area contributed by atoms with Gasteiger partial charge in [0.05, 0.1) is 13.1 Å². The molecular formula is C17H24ClN3S+2. The minimum Gasteiger partial charge on any atom is -0.336 e. The lowest BCUT2D eigenvalue weighted by Gasteiger charge is -2.18. The highest BCUT2D eigenvalue weighted by Gasteiger charge is 2.28. The van der Waals surface area contributed by atoms with E-state index in [0.717, 1.165) is 28.2 Å². The minimum atomic E-state index is 0.772. The number of hydrogen-bond donors (Lipinski definition) is 2. The van der Waals surface area contributed by atoms with E-state index in [2.05, 4.69) is 17.6 Å². The lowest BCUT2D eigenvalue weighted by Crippen LogP contribution is -3.16. The minimum absolute atomic E-state index is 0.772. The third-order valence-corrected chi connectivity index (χ3v) is 5.72. The van der Waals surface area contributed by atoms with Gasteiger partial charge < -0.3 is 10.2 Å². The van der Waals surface area contributed by atoms with Crippen molar-refractivity contribution >= 4 is 22.9 Å². The summed E-state index contributed by atoms with van der Waals surface area (Å²) in [4.78, 5) is 6.53. The third-order valence-electron chi connectivity index (χ3n) is 4.53. The molecule has 2 aromatic rings. The summed E-state index contributed by atoms with van der Waals surface area (Å²) in [5.74, 6) is 0. The van der Waals surface area contributed by atoms with Crippen LogP contribution in [-0.2, 0) is 6.54 Å². The van der Waals surface area contributed by atoms with Crippen molar-refractivity contribution in [3.63, 3.8) is 0 Å². The number of benzene rings is 1. The zero-order valence-corrected chi connectivity index (χ0v) is 14.6. The van der Waals surface area contributed by atoms with Gasteiger partial charge in [0.2, 0.25) is 0 Å². The number of likely N-dealkylation sites (tertiary alicyclic amines) is 1. The van der Waals surface area contributed by atoms with Gasteiger partial charge in [-0.2, -0.15) is 0 Å². The van der Waals surface area contributed by atoms with Crippen LogP contribution >= 0.6 is 22.9 Å². The number of nitrogens with one attached hydrogen (secondary N) is 1. The van der Waals surface area contributed by atoms with Gasteiger partial charge in [0.1, 0.15) is 29.8 Å². The van der Waals surface area contributed by atoms with E-state index >= 15 is 0 Å². The fourth-order valence-corrected chi connectivity index (χ4v) is 4.26. The van der Waals surface area contributed by atoms with E-state index in [0.29, 0.717) is 0 Å². The molecule has 0 aliphatic carbocycles. The third kappa shape index (κ3) is 3.87. The molecule has 0 amide bonds. The van der Waals surface area contributed by atoms with E-state index in [4.69, 9.17) is 16.6 Å². The average Bonchev–Trinajstić information content (AvgIpc) is 3.17. The Balaban J connectivity index is 1.52. The number of aromatic nitrogens is 1. The first kappa shape index (κ1) is 15.9. The maximum Gasteiger partial charge on any atom is 0.137 e. The molecule has 3 N–H and O–H groups in total. The molecule has 0 saturated carbocycles. The largest absolute Gasteiger partial charge is 0.336 e. The molecule has 0 bridgehead atoms. The summed E-state index contributed by atoms with van der Waals surface area (Å²) in [6, 6.07) is 8.75. The molecular weight excluding hydrogens is 314 g/mol. The Labute approximate surface area is 141 Å². The first-order chi connectivity index (χ1) is 10.8.